The SMILES string of the molecule is C=C(CC)/C1=C(Br)/C=C(/C)C(C)=C=CC1. The third kappa shape index (κ3) is 3.09. The minimum absolute atomic E-state index is 0.911. The van der Waals surface area contributed by atoms with Gasteiger partial charge < -0.3 is 0 Å². The summed E-state index contributed by atoms with van der Waals surface area (Å²) in [4.78, 5) is 0. The van der Waals surface area contributed by atoms with E-state index in [0.717, 1.165) is 17.3 Å². The summed E-state index contributed by atoms with van der Waals surface area (Å²) in [5.41, 5.74) is 8.23. The third-order valence-electron chi connectivity index (χ3n) is 2.70. The minimum Gasteiger partial charge on any atom is -0.121 e. The molecule has 0 saturated heterocycles. The van der Waals surface area contributed by atoms with Gasteiger partial charge in [-0.15, -0.1) is 5.73 Å². The number of halogens is 1. The first kappa shape index (κ1) is 12.3. The molecule has 1 aliphatic carbocycles. The van der Waals surface area contributed by atoms with E-state index in [0.29, 0.717) is 0 Å². The zero-order valence-electron chi connectivity index (χ0n) is 9.65. The van der Waals surface area contributed by atoms with Crippen molar-refractivity contribution in [3.8, 4) is 0 Å². The maximum atomic E-state index is 4.09. The van der Waals surface area contributed by atoms with Gasteiger partial charge in [0.15, 0.2) is 0 Å². The van der Waals surface area contributed by atoms with Gasteiger partial charge in [-0.3, -0.25) is 0 Å². The summed E-state index contributed by atoms with van der Waals surface area (Å²) >= 11 is 3.63. The Labute approximate surface area is 101 Å². The molecule has 0 bridgehead atoms. The predicted molar refractivity (Wildman–Crippen MR) is 71.0 cm³/mol. The van der Waals surface area contributed by atoms with Crippen molar-refractivity contribution in [2.24, 2.45) is 0 Å². The van der Waals surface area contributed by atoms with E-state index in [1.807, 2.05) is 0 Å². The van der Waals surface area contributed by atoms with E-state index in [9.17, 15) is 0 Å². The summed E-state index contributed by atoms with van der Waals surface area (Å²) < 4.78 is 1.16. The molecule has 15 heavy (non-hydrogen) atoms. The van der Waals surface area contributed by atoms with Crippen molar-refractivity contribution in [3.05, 3.63) is 51.2 Å². The van der Waals surface area contributed by atoms with Crippen molar-refractivity contribution >= 4 is 15.9 Å². The monoisotopic (exact) mass is 264 g/mol. The lowest BCUT2D eigenvalue weighted by atomic mass is 9.98. The van der Waals surface area contributed by atoms with Gasteiger partial charge in [-0.25, -0.2) is 0 Å². The van der Waals surface area contributed by atoms with E-state index in [-0.39, 0.29) is 0 Å². The van der Waals surface area contributed by atoms with Crippen LogP contribution in [-0.2, 0) is 0 Å². The minimum atomic E-state index is 0.911. The van der Waals surface area contributed by atoms with Crippen LogP contribution in [0.1, 0.15) is 33.6 Å². The molecule has 1 aliphatic rings. The molecular formula is C14H17Br. The van der Waals surface area contributed by atoms with Crippen molar-refractivity contribution in [1.82, 2.24) is 0 Å². The fraction of sp³-hybridized carbons (Fsp3) is 0.357. The van der Waals surface area contributed by atoms with Gasteiger partial charge in [0.05, 0.1) is 0 Å². The first-order valence-corrected chi connectivity index (χ1v) is 6.02. The van der Waals surface area contributed by atoms with E-state index in [4.69, 9.17) is 0 Å². The lowest BCUT2D eigenvalue weighted by Crippen LogP contribution is -1.91. The van der Waals surface area contributed by atoms with Gasteiger partial charge in [-0.1, -0.05) is 35.0 Å². The Hall–Kier alpha value is -0.780. The molecule has 1 heteroatoms. The Morgan fingerprint density at radius 3 is 2.80 bits per heavy atom. The maximum Gasteiger partial charge on any atom is 0.0216 e. The van der Waals surface area contributed by atoms with Crippen LogP contribution < -0.4 is 0 Å². The molecule has 0 spiro atoms. The molecular weight excluding hydrogens is 248 g/mol. The lowest BCUT2D eigenvalue weighted by Gasteiger charge is -2.11. The second kappa shape index (κ2) is 5.34. The first-order valence-electron chi connectivity index (χ1n) is 5.23. The van der Waals surface area contributed by atoms with E-state index < -0.39 is 0 Å². The predicted octanol–water partition coefficient (Wildman–Crippen LogP) is 5.05. The van der Waals surface area contributed by atoms with Gasteiger partial charge in [0.2, 0.25) is 0 Å². The molecule has 0 aliphatic heterocycles. The van der Waals surface area contributed by atoms with Gasteiger partial charge >= 0.3 is 0 Å². The Kier molecular flexibility index (Phi) is 4.38. The lowest BCUT2D eigenvalue weighted by molar-refractivity contribution is 1.07. The van der Waals surface area contributed by atoms with E-state index in [1.54, 1.807) is 0 Å². The van der Waals surface area contributed by atoms with Gasteiger partial charge in [-0.2, -0.15) is 0 Å². The summed E-state index contributed by atoms with van der Waals surface area (Å²) in [6.45, 7) is 10.4. The molecule has 0 nitrogen and oxygen atoms in total. The van der Waals surface area contributed by atoms with Gasteiger partial charge in [0.25, 0.3) is 0 Å². The highest BCUT2D eigenvalue weighted by molar-refractivity contribution is 9.11. The Morgan fingerprint density at radius 2 is 2.20 bits per heavy atom. The second-order valence-corrected chi connectivity index (χ2v) is 4.64. The number of rotatable bonds is 2. The molecule has 1 rings (SSSR count). The quantitative estimate of drug-likeness (QED) is 0.612. The van der Waals surface area contributed by atoms with Crippen LogP contribution in [0.25, 0.3) is 0 Å². The van der Waals surface area contributed by atoms with Crippen LogP contribution in [0.15, 0.2) is 51.2 Å². The topological polar surface area (TPSA) is 0 Å². The Balaban J connectivity index is 3.17. The maximum absolute atomic E-state index is 4.09. The zero-order valence-corrected chi connectivity index (χ0v) is 11.2. The molecule has 0 fully saturated rings. The fourth-order valence-electron chi connectivity index (χ4n) is 1.43. The molecule has 0 amide bonds. The third-order valence-corrected chi connectivity index (χ3v) is 3.41. The van der Waals surface area contributed by atoms with Crippen LogP contribution in [0.2, 0.25) is 0 Å². The number of allylic oxidation sites excluding steroid dienone is 6. The van der Waals surface area contributed by atoms with Crippen molar-refractivity contribution < 1.29 is 0 Å². The van der Waals surface area contributed by atoms with Crippen molar-refractivity contribution in [2.45, 2.75) is 33.6 Å². The largest absolute Gasteiger partial charge is 0.121 e. The van der Waals surface area contributed by atoms with Gasteiger partial charge in [0, 0.05) is 4.48 Å². The first-order chi connectivity index (χ1) is 7.06. The molecule has 0 unspecified atom stereocenters. The average molecular weight is 265 g/mol. The summed E-state index contributed by atoms with van der Waals surface area (Å²) in [6.07, 6.45) is 6.15. The van der Waals surface area contributed by atoms with Crippen molar-refractivity contribution in [2.75, 3.05) is 0 Å². The van der Waals surface area contributed by atoms with Crippen LogP contribution in [-0.4, -0.2) is 0 Å². The number of hydrogen-bond donors (Lipinski definition) is 0. The molecule has 0 radical (unpaired) electrons. The normalized spacial score (nSPS) is 25.1. The summed E-state index contributed by atoms with van der Waals surface area (Å²) in [5, 5.41) is 0. The van der Waals surface area contributed by atoms with Crippen LogP contribution in [0.5, 0.6) is 0 Å². The zero-order chi connectivity index (χ0) is 11.4. The Bertz CT molecular complexity index is 399. The van der Waals surface area contributed by atoms with Crippen LogP contribution in [0, 0.1) is 0 Å². The Morgan fingerprint density at radius 1 is 1.53 bits per heavy atom. The van der Waals surface area contributed by atoms with Crippen molar-refractivity contribution in [3.63, 3.8) is 0 Å². The van der Waals surface area contributed by atoms with Crippen molar-refractivity contribution in [1.29, 1.82) is 0 Å². The van der Waals surface area contributed by atoms with Gasteiger partial charge in [-0.05, 0) is 55.6 Å². The highest BCUT2D eigenvalue weighted by Gasteiger charge is 2.06. The summed E-state index contributed by atoms with van der Waals surface area (Å²) in [6, 6.07) is 0. The van der Waals surface area contributed by atoms with Gasteiger partial charge in [0.1, 0.15) is 0 Å². The van der Waals surface area contributed by atoms with E-state index in [2.05, 4.69) is 61.2 Å². The van der Waals surface area contributed by atoms with Crippen LogP contribution in [0.4, 0.5) is 0 Å². The molecule has 0 N–H and O–H groups in total. The molecule has 0 heterocycles. The second-order valence-electron chi connectivity index (χ2n) is 3.79. The highest BCUT2D eigenvalue weighted by atomic mass is 79.9. The molecule has 80 valence electrons. The molecule has 0 aromatic carbocycles. The molecule has 0 saturated carbocycles. The molecule has 0 aromatic rings. The van der Waals surface area contributed by atoms with Crippen LogP contribution in [0.3, 0.4) is 0 Å². The standard InChI is InChI=1S/C14H17Br/c1-5-10(2)13-8-6-7-11(3)12(4)9-14(13)15/h6,9H,2,5,8H2,1,3-4H3/b12-9-,14-13-. The number of hydrogen-bond acceptors (Lipinski definition) is 0. The molecule has 0 aromatic heterocycles. The average Bonchev–Trinajstić information content (AvgIpc) is 2.21. The molecule has 0 atom stereocenters. The highest BCUT2D eigenvalue weighted by Crippen LogP contribution is 2.28. The van der Waals surface area contributed by atoms with Crippen LogP contribution >= 0.6 is 15.9 Å². The fourth-order valence-corrected chi connectivity index (χ4v) is 2.22. The van der Waals surface area contributed by atoms with E-state index >= 15 is 0 Å². The smallest absolute Gasteiger partial charge is 0.0216 e. The summed E-state index contributed by atoms with van der Waals surface area (Å²) in [7, 11) is 0. The van der Waals surface area contributed by atoms with E-state index in [1.165, 1.54) is 22.3 Å². The summed E-state index contributed by atoms with van der Waals surface area (Å²) in [5.74, 6) is 0.